The number of piperidine rings is 1. The van der Waals surface area contributed by atoms with Crippen LogP contribution in [-0.2, 0) is 0 Å². The Morgan fingerprint density at radius 2 is 2.20 bits per heavy atom. The molecule has 1 aliphatic heterocycles. The summed E-state index contributed by atoms with van der Waals surface area (Å²) in [7, 11) is 1.90. The molecule has 0 radical (unpaired) electrons. The van der Waals surface area contributed by atoms with E-state index in [1.54, 1.807) is 12.5 Å². The predicted octanol–water partition coefficient (Wildman–Crippen LogP) is 2.30. The molecular formula is C15H19N5. The summed E-state index contributed by atoms with van der Waals surface area (Å²) in [6.07, 6.45) is 7.70. The van der Waals surface area contributed by atoms with Crippen LogP contribution in [0.25, 0.3) is 0 Å². The van der Waals surface area contributed by atoms with E-state index in [0.717, 1.165) is 24.7 Å². The number of pyridine rings is 1. The molecule has 104 valence electrons. The van der Waals surface area contributed by atoms with Gasteiger partial charge in [0.05, 0.1) is 0 Å². The van der Waals surface area contributed by atoms with Gasteiger partial charge in [-0.05, 0) is 36.6 Å². The third-order valence-electron chi connectivity index (χ3n) is 3.82. The Kier molecular flexibility index (Phi) is 3.76. The van der Waals surface area contributed by atoms with E-state index in [-0.39, 0.29) is 0 Å². The van der Waals surface area contributed by atoms with Crippen LogP contribution in [0.15, 0.2) is 36.9 Å². The predicted molar refractivity (Wildman–Crippen MR) is 80.0 cm³/mol. The molecule has 0 spiro atoms. The highest BCUT2D eigenvalue weighted by Crippen LogP contribution is 2.29. The SMILES string of the molecule is CNc1cc(C2CCCN(c3ccncn3)C2)ccn1. The van der Waals surface area contributed by atoms with Crippen LogP contribution in [0.5, 0.6) is 0 Å². The molecular weight excluding hydrogens is 250 g/mol. The second-order valence-electron chi connectivity index (χ2n) is 5.08. The average molecular weight is 269 g/mol. The summed E-state index contributed by atoms with van der Waals surface area (Å²) < 4.78 is 0. The first kappa shape index (κ1) is 12.8. The van der Waals surface area contributed by atoms with Gasteiger partial charge in [0.2, 0.25) is 0 Å². The summed E-state index contributed by atoms with van der Waals surface area (Å²) in [5.74, 6) is 2.49. The van der Waals surface area contributed by atoms with E-state index >= 15 is 0 Å². The lowest BCUT2D eigenvalue weighted by atomic mass is 9.91. The minimum atomic E-state index is 0.536. The highest BCUT2D eigenvalue weighted by molar-refractivity contribution is 5.41. The Balaban J connectivity index is 1.78. The van der Waals surface area contributed by atoms with Gasteiger partial charge in [-0.25, -0.2) is 15.0 Å². The number of anilines is 2. The molecule has 2 aromatic rings. The Hall–Kier alpha value is -2.17. The van der Waals surface area contributed by atoms with Gasteiger partial charge in [0.25, 0.3) is 0 Å². The first-order chi connectivity index (χ1) is 9.86. The fraction of sp³-hybridized carbons (Fsp3) is 0.400. The van der Waals surface area contributed by atoms with Gasteiger partial charge in [-0.15, -0.1) is 0 Å². The average Bonchev–Trinajstić information content (AvgIpc) is 2.56. The summed E-state index contributed by atoms with van der Waals surface area (Å²) in [5.41, 5.74) is 1.35. The van der Waals surface area contributed by atoms with E-state index in [1.165, 1.54) is 18.4 Å². The minimum Gasteiger partial charge on any atom is -0.373 e. The molecule has 5 nitrogen and oxygen atoms in total. The van der Waals surface area contributed by atoms with Crippen molar-refractivity contribution in [2.75, 3.05) is 30.4 Å². The van der Waals surface area contributed by atoms with Crippen molar-refractivity contribution in [3.8, 4) is 0 Å². The highest BCUT2D eigenvalue weighted by Gasteiger charge is 2.22. The topological polar surface area (TPSA) is 53.9 Å². The Bertz CT molecular complexity index is 557. The van der Waals surface area contributed by atoms with Gasteiger partial charge in [-0.3, -0.25) is 0 Å². The monoisotopic (exact) mass is 269 g/mol. The number of rotatable bonds is 3. The molecule has 20 heavy (non-hydrogen) atoms. The quantitative estimate of drug-likeness (QED) is 0.926. The van der Waals surface area contributed by atoms with Gasteiger partial charge < -0.3 is 10.2 Å². The number of nitrogens with one attached hydrogen (secondary N) is 1. The highest BCUT2D eigenvalue weighted by atomic mass is 15.2. The summed E-state index contributed by atoms with van der Waals surface area (Å²) in [5, 5.41) is 3.10. The maximum Gasteiger partial charge on any atom is 0.131 e. The van der Waals surface area contributed by atoms with Crippen LogP contribution in [-0.4, -0.2) is 35.1 Å². The molecule has 3 heterocycles. The first-order valence-electron chi connectivity index (χ1n) is 7.01. The van der Waals surface area contributed by atoms with Crippen molar-refractivity contribution in [2.45, 2.75) is 18.8 Å². The summed E-state index contributed by atoms with van der Waals surface area (Å²) in [4.78, 5) is 15.0. The van der Waals surface area contributed by atoms with Crippen molar-refractivity contribution in [3.63, 3.8) is 0 Å². The lowest BCUT2D eigenvalue weighted by Gasteiger charge is -2.33. The molecule has 0 saturated carbocycles. The third kappa shape index (κ3) is 2.71. The van der Waals surface area contributed by atoms with Crippen molar-refractivity contribution in [1.29, 1.82) is 0 Å². The van der Waals surface area contributed by atoms with Gasteiger partial charge >= 0.3 is 0 Å². The van der Waals surface area contributed by atoms with Crippen LogP contribution in [0.3, 0.4) is 0 Å². The van der Waals surface area contributed by atoms with Gasteiger partial charge in [-0.1, -0.05) is 0 Å². The third-order valence-corrected chi connectivity index (χ3v) is 3.82. The molecule has 0 aromatic carbocycles. The van der Waals surface area contributed by atoms with E-state index in [2.05, 4.69) is 37.3 Å². The number of nitrogens with zero attached hydrogens (tertiary/aromatic N) is 4. The smallest absolute Gasteiger partial charge is 0.131 e. The van der Waals surface area contributed by atoms with Crippen molar-refractivity contribution >= 4 is 11.6 Å². The molecule has 1 atom stereocenters. The molecule has 1 unspecified atom stereocenters. The van der Waals surface area contributed by atoms with E-state index in [4.69, 9.17) is 0 Å². The van der Waals surface area contributed by atoms with Crippen molar-refractivity contribution in [3.05, 3.63) is 42.5 Å². The number of aromatic nitrogens is 3. The molecule has 0 bridgehead atoms. The molecule has 0 aliphatic carbocycles. The molecule has 0 amide bonds. The van der Waals surface area contributed by atoms with E-state index in [1.807, 2.05) is 19.3 Å². The Labute approximate surface area is 119 Å². The zero-order valence-electron chi connectivity index (χ0n) is 11.7. The van der Waals surface area contributed by atoms with Crippen LogP contribution in [0, 0.1) is 0 Å². The van der Waals surface area contributed by atoms with Crippen LogP contribution in [0.4, 0.5) is 11.6 Å². The fourth-order valence-electron chi connectivity index (χ4n) is 2.77. The van der Waals surface area contributed by atoms with E-state index in [0.29, 0.717) is 5.92 Å². The second-order valence-corrected chi connectivity index (χ2v) is 5.08. The number of hydrogen-bond donors (Lipinski definition) is 1. The first-order valence-corrected chi connectivity index (χ1v) is 7.01. The maximum absolute atomic E-state index is 4.35. The van der Waals surface area contributed by atoms with E-state index < -0.39 is 0 Å². The molecule has 3 rings (SSSR count). The lowest BCUT2D eigenvalue weighted by molar-refractivity contribution is 0.507. The zero-order valence-corrected chi connectivity index (χ0v) is 11.7. The Morgan fingerprint density at radius 1 is 1.25 bits per heavy atom. The molecule has 1 N–H and O–H groups in total. The minimum absolute atomic E-state index is 0.536. The van der Waals surface area contributed by atoms with Gasteiger partial charge in [0.1, 0.15) is 18.0 Å². The molecule has 1 saturated heterocycles. The van der Waals surface area contributed by atoms with Crippen molar-refractivity contribution in [1.82, 2.24) is 15.0 Å². The second kappa shape index (κ2) is 5.86. The Morgan fingerprint density at radius 3 is 3.00 bits per heavy atom. The lowest BCUT2D eigenvalue weighted by Crippen LogP contribution is -2.34. The fourth-order valence-corrected chi connectivity index (χ4v) is 2.77. The van der Waals surface area contributed by atoms with Crippen LogP contribution >= 0.6 is 0 Å². The van der Waals surface area contributed by atoms with Gasteiger partial charge in [-0.2, -0.15) is 0 Å². The van der Waals surface area contributed by atoms with E-state index in [9.17, 15) is 0 Å². The maximum atomic E-state index is 4.35. The summed E-state index contributed by atoms with van der Waals surface area (Å²) in [6, 6.07) is 6.25. The van der Waals surface area contributed by atoms with Gasteiger partial charge in [0, 0.05) is 38.4 Å². The van der Waals surface area contributed by atoms with Gasteiger partial charge in [0.15, 0.2) is 0 Å². The summed E-state index contributed by atoms with van der Waals surface area (Å²) >= 11 is 0. The standard InChI is InChI=1S/C15H19N5/c1-16-14-9-12(4-7-18-14)13-3-2-8-20(10-13)15-5-6-17-11-19-15/h4-7,9,11,13H,2-3,8,10H2,1H3,(H,16,18). The van der Waals surface area contributed by atoms with Crippen LogP contribution in [0.2, 0.25) is 0 Å². The van der Waals surface area contributed by atoms with Crippen molar-refractivity contribution < 1.29 is 0 Å². The normalized spacial score (nSPS) is 18.9. The molecule has 2 aromatic heterocycles. The van der Waals surface area contributed by atoms with Crippen molar-refractivity contribution in [2.24, 2.45) is 0 Å². The molecule has 5 heteroatoms. The van der Waals surface area contributed by atoms with Crippen LogP contribution in [0.1, 0.15) is 24.3 Å². The molecule has 1 aliphatic rings. The van der Waals surface area contributed by atoms with Crippen LogP contribution < -0.4 is 10.2 Å². The summed E-state index contributed by atoms with van der Waals surface area (Å²) in [6.45, 7) is 2.07. The largest absolute Gasteiger partial charge is 0.373 e. The molecule has 1 fully saturated rings. The number of hydrogen-bond acceptors (Lipinski definition) is 5. The zero-order chi connectivity index (χ0) is 13.8.